The topological polar surface area (TPSA) is 95.5 Å². The molecule has 0 spiro atoms. The summed E-state index contributed by atoms with van der Waals surface area (Å²) in [7, 11) is 0. The Morgan fingerprint density at radius 3 is 2.52 bits per heavy atom. The number of hydrogen-bond acceptors (Lipinski definition) is 4. The fourth-order valence-electron chi connectivity index (χ4n) is 1.94. The van der Waals surface area contributed by atoms with E-state index in [1.165, 1.54) is 18.3 Å². The van der Waals surface area contributed by atoms with Crippen LogP contribution in [0.3, 0.4) is 0 Å². The standard InChI is InChI=1S/C14H20N2O4S/c1-3-5-10(14(19)20)16-13(18)8-11(15-9(2)17)12-6-4-7-21-12/h4,6-7,10-11H,3,5,8H2,1-2H3,(H,15,17)(H,16,18)(H,19,20)/t10-,11?/m1/s1. The van der Waals surface area contributed by atoms with Gasteiger partial charge in [-0.3, -0.25) is 9.59 Å². The number of hydrogen-bond donors (Lipinski definition) is 3. The minimum absolute atomic E-state index is 0.0214. The second kappa shape index (κ2) is 8.41. The van der Waals surface area contributed by atoms with Crippen LogP contribution in [0, 0.1) is 0 Å². The molecular weight excluding hydrogens is 292 g/mol. The summed E-state index contributed by atoms with van der Waals surface area (Å²) in [6, 6.07) is 2.35. The molecule has 0 aliphatic rings. The number of carbonyl (C=O) groups is 3. The number of carbonyl (C=O) groups excluding carboxylic acids is 2. The molecule has 0 aromatic carbocycles. The molecule has 6 nitrogen and oxygen atoms in total. The van der Waals surface area contributed by atoms with Crippen molar-refractivity contribution in [3.8, 4) is 0 Å². The maximum Gasteiger partial charge on any atom is 0.326 e. The summed E-state index contributed by atoms with van der Waals surface area (Å²) in [5.41, 5.74) is 0. The second-order valence-corrected chi connectivity index (χ2v) is 5.70. The van der Waals surface area contributed by atoms with Crippen molar-refractivity contribution < 1.29 is 19.5 Å². The minimum atomic E-state index is -1.04. The summed E-state index contributed by atoms with van der Waals surface area (Å²) in [4.78, 5) is 35.1. The molecule has 0 radical (unpaired) electrons. The maximum absolute atomic E-state index is 12.0. The van der Waals surface area contributed by atoms with Crippen LogP contribution in [0.1, 0.15) is 44.0 Å². The average molecular weight is 312 g/mol. The molecule has 1 heterocycles. The number of amides is 2. The van der Waals surface area contributed by atoms with Gasteiger partial charge in [-0.05, 0) is 17.9 Å². The fraction of sp³-hybridized carbons (Fsp3) is 0.500. The van der Waals surface area contributed by atoms with Gasteiger partial charge in [0.15, 0.2) is 0 Å². The van der Waals surface area contributed by atoms with Gasteiger partial charge in [-0.1, -0.05) is 19.4 Å². The zero-order valence-electron chi connectivity index (χ0n) is 12.1. The van der Waals surface area contributed by atoms with Gasteiger partial charge in [-0.15, -0.1) is 11.3 Å². The lowest BCUT2D eigenvalue weighted by Gasteiger charge is -2.18. The Morgan fingerprint density at radius 1 is 1.33 bits per heavy atom. The van der Waals surface area contributed by atoms with E-state index in [0.717, 1.165) is 4.88 Å². The Kier molecular flexibility index (Phi) is 6.87. The van der Waals surface area contributed by atoms with E-state index in [2.05, 4.69) is 10.6 Å². The third-order valence-electron chi connectivity index (χ3n) is 2.86. The number of nitrogens with one attached hydrogen (secondary N) is 2. The molecule has 0 aliphatic heterocycles. The molecule has 1 rings (SSSR count). The van der Waals surface area contributed by atoms with Gasteiger partial charge in [-0.2, -0.15) is 0 Å². The maximum atomic E-state index is 12.0. The molecule has 0 saturated heterocycles. The van der Waals surface area contributed by atoms with Gasteiger partial charge in [0.2, 0.25) is 11.8 Å². The largest absolute Gasteiger partial charge is 0.480 e. The monoisotopic (exact) mass is 312 g/mol. The summed E-state index contributed by atoms with van der Waals surface area (Å²) < 4.78 is 0. The molecule has 21 heavy (non-hydrogen) atoms. The lowest BCUT2D eigenvalue weighted by atomic mass is 10.1. The molecule has 2 amide bonds. The van der Waals surface area contributed by atoms with Crippen molar-refractivity contribution in [2.75, 3.05) is 0 Å². The molecule has 3 N–H and O–H groups in total. The molecule has 0 bridgehead atoms. The summed E-state index contributed by atoms with van der Waals surface area (Å²) in [5, 5.41) is 16.1. The Bertz CT molecular complexity index is 487. The number of carboxylic acid groups (broad SMARTS) is 1. The third kappa shape index (κ3) is 5.95. The van der Waals surface area contributed by atoms with E-state index in [0.29, 0.717) is 12.8 Å². The first-order valence-electron chi connectivity index (χ1n) is 6.76. The Labute approximate surface area is 127 Å². The number of carboxylic acids is 1. The highest BCUT2D eigenvalue weighted by Gasteiger charge is 2.22. The van der Waals surface area contributed by atoms with E-state index in [-0.39, 0.29) is 18.2 Å². The highest BCUT2D eigenvalue weighted by atomic mass is 32.1. The van der Waals surface area contributed by atoms with E-state index in [9.17, 15) is 14.4 Å². The number of aliphatic carboxylic acids is 1. The lowest BCUT2D eigenvalue weighted by Crippen LogP contribution is -2.42. The minimum Gasteiger partial charge on any atom is -0.480 e. The average Bonchev–Trinajstić information content (AvgIpc) is 2.90. The molecule has 1 unspecified atom stereocenters. The van der Waals surface area contributed by atoms with E-state index in [1.54, 1.807) is 0 Å². The van der Waals surface area contributed by atoms with Crippen molar-refractivity contribution >= 4 is 29.1 Å². The van der Waals surface area contributed by atoms with Crippen LogP contribution < -0.4 is 10.6 Å². The van der Waals surface area contributed by atoms with E-state index in [1.807, 2.05) is 24.4 Å². The Morgan fingerprint density at radius 2 is 2.05 bits per heavy atom. The summed E-state index contributed by atoms with van der Waals surface area (Å²) in [6.07, 6.45) is 1.07. The number of thiophene rings is 1. The quantitative estimate of drug-likeness (QED) is 0.680. The van der Waals surface area contributed by atoms with Crippen molar-refractivity contribution in [1.82, 2.24) is 10.6 Å². The van der Waals surface area contributed by atoms with Crippen LogP contribution in [0.15, 0.2) is 17.5 Å². The zero-order chi connectivity index (χ0) is 15.8. The van der Waals surface area contributed by atoms with Crippen molar-refractivity contribution in [3.05, 3.63) is 22.4 Å². The van der Waals surface area contributed by atoms with Crippen molar-refractivity contribution in [3.63, 3.8) is 0 Å². The highest BCUT2D eigenvalue weighted by Crippen LogP contribution is 2.22. The third-order valence-corrected chi connectivity index (χ3v) is 3.85. The lowest BCUT2D eigenvalue weighted by molar-refractivity contribution is -0.142. The van der Waals surface area contributed by atoms with Crippen LogP contribution in [0.2, 0.25) is 0 Å². The predicted molar refractivity (Wildman–Crippen MR) is 80.0 cm³/mol. The van der Waals surface area contributed by atoms with E-state index >= 15 is 0 Å². The first-order valence-corrected chi connectivity index (χ1v) is 7.64. The molecule has 7 heteroatoms. The summed E-state index contributed by atoms with van der Waals surface area (Å²) in [5.74, 6) is -1.66. The van der Waals surface area contributed by atoms with Gasteiger partial charge in [-0.25, -0.2) is 4.79 Å². The van der Waals surface area contributed by atoms with Gasteiger partial charge in [0.05, 0.1) is 12.5 Å². The van der Waals surface area contributed by atoms with Crippen LogP contribution in [0.5, 0.6) is 0 Å². The van der Waals surface area contributed by atoms with Gasteiger partial charge in [0, 0.05) is 11.8 Å². The molecular formula is C14H20N2O4S. The molecule has 116 valence electrons. The van der Waals surface area contributed by atoms with Gasteiger partial charge in [0.25, 0.3) is 0 Å². The van der Waals surface area contributed by atoms with Crippen molar-refractivity contribution in [1.29, 1.82) is 0 Å². The van der Waals surface area contributed by atoms with E-state index < -0.39 is 18.1 Å². The summed E-state index contributed by atoms with van der Waals surface area (Å²) >= 11 is 1.44. The van der Waals surface area contributed by atoms with Crippen molar-refractivity contribution in [2.45, 2.75) is 45.2 Å². The fourth-order valence-corrected chi connectivity index (χ4v) is 2.72. The molecule has 1 aromatic rings. The SMILES string of the molecule is CCC[C@@H](NC(=O)CC(NC(C)=O)c1cccs1)C(=O)O. The molecule has 0 fully saturated rings. The van der Waals surface area contributed by atoms with Gasteiger partial charge in [0.1, 0.15) is 6.04 Å². The zero-order valence-corrected chi connectivity index (χ0v) is 12.9. The van der Waals surface area contributed by atoms with Crippen LogP contribution in [0.4, 0.5) is 0 Å². The van der Waals surface area contributed by atoms with E-state index in [4.69, 9.17) is 5.11 Å². The number of rotatable bonds is 8. The summed E-state index contributed by atoms with van der Waals surface area (Å²) in [6.45, 7) is 3.24. The smallest absolute Gasteiger partial charge is 0.326 e. The van der Waals surface area contributed by atoms with Crippen LogP contribution >= 0.6 is 11.3 Å². The van der Waals surface area contributed by atoms with Crippen LogP contribution in [-0.4, -0.2) is 28.9 Å². The second-order valence-electron chi connectivity index (χ2n) is 4.72. The Balaban J connectivity index is 2.67. The molecule has 0 saturated carbocycles. The first kappa shape index (κ1) is 17.2. The van der Waals surface area contributed by atoms with Crippen LogP contribution in [0.25, 0.3) is 0 Å². The normalized spacial score (nSPS) is 13.2. The molecule has 0 aliphatic carbocycles. The first-order chi connectivity index (χ1) is 9.93. The van der Waals surface area contributed by atoms with Gasteiger partial charge >= 0.3 is 5.97 Å². The molecule has 1 aromatic heterocycles. The van der Waals surface area contributed by atoms with Crippen molar-refractivity contribution in [2.24, 2.45) is 0 Å². The highest BCUT2D eigenvalue weighted by molar-refractivity contribution is 7.10. The molecule has 2 atom stereocenters. The van der Waals surface area contributed by atoms with Crippen LogP contribution in [-0.2, 0) is 14.4 Å². The Hall–Kier alpha value is -1.89. The predicted octanol–water partition coefficient (Wildman–Crippen LogP) is 1.68. The van der Waals surface area contributed by atoms with Gasteiger partial charge < -0.3 is 15.7 Å².